The summed E-state index contributed by atoms with van der Waals surface area (Å²) in [4.78, 5) is 0. The van der Waals surface area contributed by atoms with Gasteiger partial charge >= 0.3 is 0 Å². The van der Waals surface area contributed by atoms with E-state index in [-0.39, 0.29) is 11.8 Å². The predicted octanol–water partition coefficient (Wildman–Crippen LogP) is 3.42. The standard InChI is InChI=1S/C13H16BrF2NO/c1-18-13-10(14)7-8(11(15)12(13)16)6-9-4-2-3-5-17-9/h7,9,17H,2-6H2,1H3. The lowest BCUT2D eigenvalue weighted by atomic mass is 9.97. The summed E-state index contributed by atoms with van der Waals surface area (Å²) in [5.74, 6) is -1.80. The Morgan fingerprint density at radius 1 is 1.39 bits per heavy atom. The van der Waals surface area contributed by atoms with Gasteiger partial charge in [0, 0.05) is 6.04 Å². The van der Waals surface area contributed by atoms with Crippen LogP contribution in [0.3, 0.4) is 0 Å². The maximum atomic E-state index is 13.9. The van der Waals surface area contributed by atoms with Crippen LogP contribution in [0, 0.1) is 11.6 Å². The van der Waals surface area contributed by atoms with Gasteiger partial charge in [-0.3, -0.25) is 0 Å². The predicted molar refractivity (Wildman–Crippen MR) is 70.0 cm³/mol. The molecule has 1 fully saturated rings. The summed E-state index contributed by atoms with van der Waals surface area (Å²) in [6.07, 6.45) is 3.80. The molecule has 1 heterocycles. The molecule has 0 aromatic heterocycles. The van der Waals surface area contributed by atoms with Crippen LogP contribution in [0.15, 0.2) is 10.5 Å². The van der Waals surface area contributed by atoms with Crippen LogP contribution < -0.4 is 10.1 Å². The maximum Gasteiger partial charge on any atom is 0.202 e. The fourth-order valence-electron chi connectivity index (χ4n) is 2.33. The highest BCUT2D eigenvalue weighted by molar-refractivity contribution is 9.10. The van der Waals surface area contributed by atoms with Gasteiger partial charge in [0.2, 0.25) is 5.82 Å². The second-order valence-electron chi connectivity index (χ2n) is 4.53. The summed E-state index contributed by atoms with van der Waals surface area (Å²) in [6.45, 7) is 0.950. The molecule has 0 spiro atoms. The Hall–Kier alpha value is -0.680. The van der Waals surface area contributed by atoms with E-state index in [4.69, 9.17) is 4.74 Å². The normalized spacial score (nSPS) is 19.9. The van der Waals surface area contributed by atoms with Crippen LogP contribution in [-0.4, -0.2) is 19.7 Å². The minimum Gasteiger partial charge on any atom is -0.492 e. The number of hydrogen-bond acceptors (Lipinski definition) is 2. The average Bonchev–Trinajstić information content (AvgIpc) is 2.37. The molecule has 0 saturated carbocycles. The van der Waals surface area contributed by atoms with Gasteiger partial charge in [0.25, 0.3) is 0 Å². The summed E-state index contributed by atoms with van der Waals surface area (Å²) in [5.41, 5.74) is 0.388. The zero-order valence-corrected chi connectivity index (χ0v) is 11.8. The van der Waals surface area contributed by atoms with Gasteiger partial charge in [-0.1, -0.05) is 6.42 Å². The number of methoxy groups -OCH3 is 1. The zero-order chi connectivity index (χ0) is 13.1. The average molecular weight is 320 g/mol. The van der Waals surface area contributed by atoms with Crippen molar-refractivity contribution < 1.29 is 13.5 Å². The third kappa shape index (κ3) is 2.83. The summed E-state index contributed by atoms with van der Waals surface area (Å²) >= 11 is 3.21. The van der Waals surface area contributed by atoms with Crippen molar-refractivity contribution in [1.82, 2.24) is 5.32 Å². The molecule has 0 amide bonds. The van der Waals surface area contributed by atoms with Gasteiger partial charge in [-0.15, -0.1) is 0 Å². The van der Waals surface area contributed by atoms with Gasteiger partial charge in [0.15, 0.2) is 11.6 Å². The summed E-state index contributed by atoms with van der Waals surface area (Å²) in [5, 5.41) is 3.33. The van der Waals surface area contributed by atoms with Gasteiger partial charge in [0.1, 0.15) is 0 Å². The van der Waals surface area contributed by atoms with E-state index in [0.717, 1.165) is 25.8 Å². The lowest BCUT2D eigenvalue weighted by Crippen LogP contribution is -2.35. The van der Waals surface area contributed by atoms with Crippen molar-refractivity contribution in [3.63, 3.8) is 0 Å². The molecule has 1 aromatic carbocycles. The molecule has 0 aliphatic carbocycles. The molecule has 18 heavy (non-hydrogen) atoms. The van der Waals surface area contributed by atoms with Crippen molar-refractivity contribution in [2.24, 2.45) is 0 Å². The molecule has 0 bridgehead atoms. The molecule has 1 aliphatic heterocycles. The van der Waals surface area contributed by atoms with E-state index < -0.39 is 11.6 Å². The quantitative estimate of drug-likeness (QED) is 0.862. The molecule has 1 unspecified atom stereocenters. The largest absolute Gasteiger partial charge is 0.492 e. The molecule has 2 nitrogen and oxygen atoms in total. The fourth-order valence-corrected chi connectivity index (χ4v) is 2.94. The molecule has 1 atom stereocenters. The van der Waals surface area contributed by atoms with Gasteiger partial charge in [-0.25, -0.2) is 4.39 Å². The Morgan fingerprint density at radius 3 is 2.78 bits per heavy atom. The molecule has 0 radical (unpaired) electrons. The second kappa shape index (κ2) is 5.97. The highest BCUT2D eigenvalue weighted by Gasteiger charge is 2.21. The van der Waals surface area contributed by atoms with E-state index in [1.165, 1.54) is 7.11 Å². The van der Waals surface area contributed by atoms with Crippen LogP contribution in [0.1, 0.15) is 24.8 Å². The van der Waals surface area contributed by atoms with Gasteiger partial charge < -0.3 is 10.1 Å². The highest BCUT2D eigenvalue weighted by Crippen LogP contribution is 2.32. The maximum absolute atomic E-state index is 13.9. The van der Waals surface area contributed by atoms with Crippen molar-refractivity contribution in [3.05, 3.63) is 27.7 Å². The fraction of sp³-hybridized carbons (Fsp3) is 0.538. The van der Waals surface area contributed by atoms with E-state index >= 15 is 0 Å². The Bertz CT molecular complexity index is 433. The van der Waals surface area contributed by atoms with Crippen molar-refractivity contribution in [3.8, 4) is 5.75 Å². The van der Waals surface area contributed by atoms with Crippen molar-refractivity contribution >= 4 is 15.9 Å². The van der Waals surface area contributed by atoms with E-state index in [1.54, 1.807) is 6.07 Å². The van der Waals surface area contributed by atoms with E-state index in [9.17, 15) is 8.78 Å². The van der Waals surface area contributed by atoms with E-state index in [1.807, 2.05) is 0 Å². The first-order valence-corrected chi connectivity index (χ1v) is 6.86. The topological polar surface area (TPSA) is 21.3 Å². The first-order valence-electron chi connectivity index (χ1n) is 6.07. The minimum absolute atomic E-state index is 0.0761. The number of halogens is 3. The Balaban J connectivity index is 2.22. The Kier molecular flexibility index (Phi) is 4.56. The van der Waals surface area contributed by atoms with Crippen LogP contribution in [-0.2, 0) is 6.42 Å². The van der Waals surface area contributed by atoms with Gasteiger partial charge in [-0.05, 0) is 53.4 Å². The van der Waals surface area contributed by atoms with Crippen molar-refractivity contribution in [2.75, 3.05) is 13.7 Å². The molecule has 1 saturated heterocycles. The number of nitrogens with one attached hydrogen (secondary N) is 1. The molecular formula is C13H16BrF2NO. The third-order valence-electron chi connectivity index (χ3n) is 3.27. The van der Waals surface area contributed by atoms with Crippen LogP contribution in [0.5, 0.6) is 5.75 Å². The lowest BCUT2D eigenvalue weighted by molar-refractivity contribution is 0.362. The summed E-state index contributed by atoms with van der Waals surface area (Å²) in [6, 6.07) is 1.83. The molecular weight excluding hydrogens is 304 g/mol. The molecule has 1 aliphatic rings. The first-order chi connectivity index (χ1) is 8.63. The summed E-state index contributed by atoms with van der Waals surface area (Å²) in [7, 11) is 1.32. The number of ether oxygens (including phenoxy) is 1. The van der Waals surface area contributed by atoms with E-state index in [2.05, 4.69) is 21.2 Å². The van der Waals surface area contributed by atoms with Crippen molar-refractivity contribution in [2.45, 2.75) is 31.7 Å². The van der Waals surface area contributed by atoms with Crippen molar-refractivity contribution in [1.29, 1.82) is 0 Å². The Labute approximate surface area is 114 Å². The lowest BCUT2D eigenvalue weighted by Gasteiger charge is -2.24. The SMILES string of the molecule is COc1c(Br)cc(CC2CCCCN2)c(F)c1F. The number of benzene rings is 1. The number of piperidine rings is 1. The monoisotopic (exact) mass is 319 g/mol. The second-order valence-corrected chi connectivity index (χ2v) is 5.38. The molecule has 1 N–H and O–H groups in total. The Morgan fingerprint density at radius 2 is 2.17 bits per heavy atom. The van der Waals surface area contributed by atoms with Crippen LogP contribution >= 0.6 is 15.9 Å². The summed E-state index contributed by atoms with van der Waals surface area (Å²) < 4.78 is 32.9. The number of rotatable bonds is 3. The smallest absolute Gasteiger partial charge is 0.202 e. The number of hydrogen-bond donors (Lipinski definition) is 1. The highest BCUT2D eigenvalue weighted by atomic mass is 79.9. The van der Waals surface area contributed by atoms with Crippen LogP contribution in [0.2, 0.25) is 0 Å². The molecule has 5 heteroatoms. The third-order valence-corrected chi connectivity index (χ3v) is 3.86. The molecule has 100 valence electrons. The van der Waals surface area contributed by atoms with Gasteiger partial charge in [0.05, 0.1) is 11.6 Å². The minimum atomic E-state index is -0.919. The van der Waals surface area contributed by atoms with Crippen LogP contribution in [0.25, 0.3) is 0 Å². The van der Waals surface area contributed by atoms with Gasteiger partial charge in [-0.2, -0.15) is 4.39 Å². The first kappa shape index (κ1) is 13.7. The van der Waals surface area contributed by atoms with Crippen LogP contribution in [0.4, 0.5) is 8.78 Å². The molecule has 2 rings (SSSR count). The van der Waals surface area contributed by atoms with E-state index in [0.29, 0.717) is 16.5 Å². The zero-order valence-electron chi connectivity index (χ0n) is 10.2. The molecule has 1 aromatic rings.